The second-order valence-corrected chi connectivity index (χ2v) is 5.31. The fraction of sp³-hybridized carbons (Fsp3) is 0.286. The molecule has 0 unspecified atom stereocenters. The highest BCUT2D eigenvalue weighted by Crippen LogP contribution is 2.15. The molecule has 21 heavy (non-hydrogen) atoms. The van der Waals surface area contributed by atoms with Gasteiger partial charge in [0, 0.05) is 13.1 Å². The second kappa shape index (κ2) is 7.36. The van der Waals surface area contributed by atoms with Gasteiger partial charge in [-0.15, -0.1) is 10.2 Å². The van der Waals surface area contributed by atoms with Crippen LogP contribution in [-0.4, -0.2) is 22.6 Å². The summed E-state index contributed by atoms with van der Waals surface area (Å²) in [4.78, 5) is 11.9. The Bertz CT molecular complexity index is 644. The second-order valence-electron chi connectivity index (χ2n) is 4.33. The molecular weight excluding hydrogens is 286 g/mol. The Morgan fingerprint density at radius 1 is 1.33 bits per heavy atom. The number of carbonyl (C=O) groups excluding carboxylic acids is 1. The van der Waals surface area contributed by atoms with Crippen molar-refractivity contribution < 1.29 is 4.79 Å². The zero-order valence-electron chi connectivity index (χ0n) is 11.6. The number of benzene rings is 1. The third-order valence-corrected chi connectivity index (χ3v) is 3.56. The van der Waals surface area contributed by atoms with E-state index in [0.29, 0.717) is 22.2 Å². The van der Waals surface area contributed by atoms with Crippen molar-refractivity contribution in [3.05, 3.63) is 40.4 Å². The largest absolute Gasteiger partial charge is 0.360 e. The highest BCUT2D eigenvalue weighted by atomic mass is 32.1. The molecule has 0 radical (unpaired) electrons. The maximum Gasteiger partial charge on any atom is 0.282 e. The quantitative estimate of drug-likeness (QED) is 0.853. The van der Waals surface area contributed by atoms with Crippen LogP contribution in [-0.2, 0) is 6.54 Å². The highest BCUT2D eigenvalue weighted by molar-refractivity contribution is 7.17. The molecule has 108 valence electrons. The van der Waals surface area contributed by atoms with Gasteiger partial charge in [0.2, 0.25) is 10.1 Å². The van der Waals surface area contributed by atoms with E-state index in [1.165, 1.54) is 11.3 Å². The number of hydrogen-bond acceptors (Lipinski definition) is 6. The summed E-state index contributed by atoms with van der Waals surface area (Å²) in [6.45, 7) is 3.25. The number of nitrogens with zero attached hydrogens (tertiary/aromatic N) is 3. The molecular formula is C14H15N5OS. The molecule has 0 atom stereocenters. The standard InChI is InChI=1S/C14H15N5OS/c1-2-7-16-14-19-18-13(21-14)12(20)17-9-11-5-3-10(8-15)4-6-11/h3-6H,2,7,9H2,1H3,(H,16,19)(H,17,20). The van der Waals surface area contributed by atoms with Gasteiger partial charge in [-0.2, -0.15) is 5.26 Å². The van der Waals surface area contributed by atoms with Crippen LogP contribution in [0.5, 0.6) is 0 Å². The summed E-state index contributed by atoms with van der Waals surface area (Å²) in [5.74, 6) is -0.249. The SMILES string of the molecule is CCCNc1nnc(C(=O)NCc2ccc(C#N)cc2)s1. The van der Waals surface area contributed by atoms with E-state index >= 15 is 0 Å². The minimum absolute atomic E-state index is 0.249. The summed E-state index contributed by atoms with van der Waals surface area (Å²) in [7, 11) is 0. The average Bonchev–Trinajstić information content (AvgIpc) is 3.00. The van der Waals surface area contributed by atoms with Crippen LogP contribution in [0.1, 0.15) is 34.3 Å². The number of nitriles is 1. The van der Waals surface area contributed by atoms with Crippen molar-refractivity contribution in [1.82, 2.24) is 15.5 Å². The van der Waals surface area contributed by atoms with Crippen molar-refractivity contribution in [2.75, 3.05) is 11.9 Å². The Labute approximate surface area is 126 Å². The van der Waals surface area contributed by atoms with Crippen molar-refractivity contribution in [2.45, 2.75) is 19.9 Å². The Balaban J connectivity index is 1.89. The summed E-state index contributed by atoms with van der Waals surface area (Å²) in [5.41, 5.74) is 1.53. The summed E-state index contributed by atoms with van der Waals surface area (Å²) in [6.07, 6.45) is 0.986. The van der Waals surface area contributed by atoms with E-state index in [0.717, 1.165) is 18.5 Å². The van der Waals surface area contributed by atoms with Gasteiger partial charge in [-0.1, -0.05) is 30.4 Å². The van der Waals surface area contributed by atoms with Crippen molar-refractivity contribution in [3.8, 4) is 6.07 Å². The zero-order valence-corrected chi connectivity index (χ0v) is 12.4. The monoisotopic (exact) mass is 301 g/mol. The molecule has 7 heteroatoms. The summed E-state index contributed by atoms with van der Waals surface area (Å²) < 4.78 is 0. The number of anilines is 1. The Kier molecular flexibility index (Phi) is 5.23. The molecule has 2 rings (SSSR count). The van der Waals surface area contributed by atoms with Crippen molar-refractivity contribution in [3.63, 3.8) is 0 Å². The molecule has 6 nitrogen and oxygen atoms in total. The van der Waals surface area contributed by atoms with E-state index in [2.05, 4.69) is 33.8 Å². The molecule has 0 bridgehead atoms. The first kappa shape index (κ1) is 14.9. The Morgan fingerprint density at radius 2 is 2.10 bits per heavy atom. The molecule has 1 amide bonds. The topological polar surface area (TPSA) is 90.7 Å². The lowest BCUT2D eigenvalue weighted by molar-refractivity contribution is 0.0950. The van der Waals surface area contributed by atoms with Gasteiger partial charge in [0.1, 0.15) is 0 Å². The number of aromatic nitrogens is 2. The predicted octanol–water partition coefficient (Wildman–Crippen LogP) is 2.16. The molecule has 0 aliphatic rings. The molecule has 1 aromatic carbocycles. The molecule has 1 heterocycles. The minimum atomic E-state index is -0.249. The first-order chi connectivity index (χ1) is 10.2. The molecule has 0 saturated carbocycles. The number of nitrogens with one attached hydrogen (secondary N) is 2. The fourth-order valence-corrected chi connectivity index (χ4v) is 2.26. The maximum absolute atomic E-state index is 11.9. The summed E-state index contributed by atoms with van der Waals surface area (Å²) >= 11 is 1.23. The normalized spacial score (nSPS) is 9.90. The average molecular weight is 301 g/mol. The van der Waals surface area contributed by atoms with Crippen molar-refractivity contribution in [1.29, 1.82) is 5.26 Å². The van der Waals surface area contributed by atoms with Gasteiger partial charge >= 0.3 is 0 Å². The van der Waals surface area contributed by atoms with E-state index in [1.807, 2.05) is 12.1 Å². The van der Waals surface area contributed by atoms with Gasteiger partial charge in [-0.3, -0.25) is 4.79 Å². The van der Waals surface area contributed by atoms with Crippen LogP contribution >= 0.6 is 11.3 Å². The molecule has 2 N–H and O–H groups in total. The number of rotatable bonds is 6. The lowest BCUT2D eigenvalue weighted by Gasteiger charge is -2.02. The van der Waals surface area contributed by atoms with Crippen LogP contribution in [0.3, 0.4) is 0 Å². The first-order valence-electron chi connectivity index (χ1n) is 6.57. The van der Waals surface area contributed by atoms with Crippen LogP contribution in [0.4, 0.5) is 5.13 Å². The van der Waals surface area contributed by atoms with E-state index in [4.69, 9.17) is 5.26 Å². The molecule has 1 aromatic heterocycles. The third kappa shape index (κ3) is 4.26. The van der Waals surface area contributed by atoms with Crippen LogP contribution in [0.25, 0.3) is 0 Å². The molecule has 0 saturated heterocycles. The predicted molar refractivity (Wildman–Crippen MR) is 81.0 cm³/mol. The summed E-state index contributed by atoms with van der Waals surface area (Å²) in [6, 6.07) is 9.12. The van der Waals surface area contributed by atoms with E-state index in [-0.39, 0.29) is 5.91 Å². The van der Waals surface area contributed by atoms with E-state index in [9.17, 15) is 4.79 Å². The zero-order chi connectivity index (χ0) is 15.1. The molecule has 0 fully saturated rings. The van der Waals surface area contributed by atoms with E-state index < -0.39 is 0 Å². The Hall–Kier alpha value is -2.46. The van der Waals surface area contributed by atoms with Gasteiger partial charge < -0.3 is 10.6 Å². The maximum atomic E-state index is 11.9. The summed E-state index contributed by atoms with van der Waals surface area (Å²) in [5, 5.41) is 23.4. The number of amides is 1. The molecule has 0 aliphatic carbocycles. The number of hydrogen-bond donors (Lipinski definition) is 2. The van der Waals surface area contributed by atoms with Gasteiger partial charge in [0.25, 0.3) is 5.91 Å². The number of carbonyl (C=O) groups is 1. The highest BCUT2D eigenvalue weighted by Gasteiger charge is 2.12. The third-order valence-electron chi connectivity index (χ3n) is 2.68. The van der Waals surface area contributed by atoms with Gasteiger partial charge in [0.05, 0.1) is 11.6 Å². The first-order valence-corrected chi connectivity index (χ1v) is 7.39. The van der Waals surface area contributed by atoms with E-state index in [1.54, 1.807) is 12.1 Å². The minimum Gasteiger partial charge on any atom is -0.360 e. The van der Waals surface area contributed by atoms with Crippen molar-refractivity contribution in [2.24, 2.45) is 0 Å². The van der Waals surface area contributed by atoms with Crippen LogP contribution in [0.2, 0.25) is 0 Å². The van der Waals surface area contributed by atoms with Gasteiger partial charge in [0.15, 0.2) is 0 Å². The smallest absolute Gasteiger partial charge is 0.282 e. The van der Waals surface area contributed by atoms with Gasteiger partial charge in [-0.25, -0.2) is 0 Å². The van der Waals surface area contributed by atoms with Crippen LogP contribution < -0.4 is 10.6 Å². The molecule has 0 spiro atoms. The van der Waals surface area contributed by atoms with Crippen molar-refractivity contribution >= 4 is 22.4 Å². The Morgan fingerprint density at radius 3 is 2.76 bits per heavy atom. The fourth-order valence-electron chi connectivity index (χ4n) is 1.57. The van der Waals surface area contributed by atoms with Gasteiger partial charge in [-0.05, 0) is 24.1 Å². The lowest BCUT2D eigenvalue weighted by atomic mass is 10.1. The van der Waals surface area contributed by atoms with Crippen LogP contribution in [0.15, 0.2) is 24.3 Å². The molecule has 2 aromatic rings. The van der Waals surface area contributed by atoms with Crippen LogP contribution in [0, 0.1) is 11.3 Å². The molecule has 0 aliphatic heterocycles. The lowest BCUT2D eigenvalue weighted by Crippen LogP contribution is -2.22.